The van der Waals surface area contributed by atoms with Crippen molar-refractivity contribution in [3.63, 3.8) is 0 Å². The van der Waals surface area contributed by atoms with E-state index in [0.29, 0.717) is 23.3 Å². The summed E-state index contributed by atoms with van der Waals surface area (Å²) in [6, 6.07) is 4.68. The zero-order valence-electron chi connectivity index (χ0n) is 9.24. The van der Waals surface area contributed by atoms with Crippen molar-refractivity contribution in [2.75, 3.05) is 0 Å². The summed E-state index contributed by atoms with van der Waals surface area (Å²) in [4.78, 5) is 22.8. The number of nitrogens with two attached hydrogens (primary N) is 1. The third-order valence-corrected chi connectivity index (χ3v) is 2.54. The molecule has 0 spiro atoms. The van der Waals surface area contributed by atoms with Crippen LogP contribution in [0.1, 0.15) is 41.0 Å². The molecule has 1 heterocycles. The second kappa shape index (κ2) is 3.33. The number of hydrogen-bond acceptors (Lipinski definition) is 3. The first-order chi connectivity index (χ1) is 7.39. The Kier molecular flexibility index (Phi) is 2.22. The van der Waals surface area contributed by atoms with Gasteiger partial charge in [-0.25, -0.2) is 0 Å². The molecular formula is C12H13NO3. The third-order valence-electron chi connectivity index (χ3n) is 2.54. The number of ether oxygens (including phenoxy) is 1. The first-order valence-corrected chi connectivity index (χ1v) is 5.05. The highest BCUT2D eigenvalue weighted by atomic mass is 16.5. The monoisotopic (exact) mass is 219 g/mol. The van der Waals surface area contributed by atoms with Gasteiger partial charge in [-0.1, -0.05) is 0 Å². The van der Waals surface area contributed by atoms with E-state index in [1.807, 2.05) is 13.8 Å². The van der Waals surface area contributed by atoms with Gasteiger partial charge in [0, 0.05) is 5.56 Å². The van der Waals surface area contributed by atoms with Gasteiger partial charge in [-0.3, -0.25) is 9.59 Å². The zero-order valence-corrected chi connectivity index (χ0v) is 9.24. The van der Waals surface area contributed by atoms with Gasteiger partial charge in [0.25, 0.3) is 0 Å². The van der Waals surface area contributed by atoms with Crippen molar-refractivity contribution in [2.24, 2.45) is 5.73 Å². The molecule has 0 unspecified atom stereocenters. The van der Waals surface area contributed by atoms with Crippen LogP contribution in [0.3, 0.4) is 0 Å². The highest BCUT2D eigenvalue weighted by Crippen LogP contribution is 2.33. The number of rotatable bonds is 1. The lowest BCUT2D eigenvalue weighted by Crippen LogP contribution is -2.36. The SMILES string of the molecule is CC1(C)CC(=O)c2cc(C(N)=O)ccc2O1. The lowest BCUT2D eigenvalue weighted by atomic mass is 9.92. The second-order valence-electron chi connectivity index (χ2n) is 4.54. The molecular weight excluding hydrogens is 206 g/mol. The largest absolute Gasteiger partial charge is 0.487 e. The second-order valence-corrected chi connectivity index (χ2v) is 4.54. The van der Waals surface area contributed by atoms with Gasteiger partial charge < -0.3 is 10.5 Å². The standard InChI is InChI=1S/C12H13NO3/c1-12(2)6-9(14)8-5-7(11(13)15)3-4-10(8)16-12/h3-5H,6H2,1-2H3,(H2,13,15). The van der Waals surface area contributed by atoms with Crippen molar-refractivity contribution in [3.05, 3.63) is 29.3 Å². The Balaban J connectivity index is 2.49. The molecule has 0 aromatic heterocycles. The average Bonchev–Trinajstić information content (AvgIpc) is 2.15. The van der Waals surface area contributed by atoms with Gasteiger partial charge in [0.1, 0.15) is 11.4 Å². The minimum absolute atomic E-state index is 0.0191. The molecule has 0 atom stereocenters. The fourth-order valence-electron chi connectivity index (χ4n) is 1.81. The summed E-state index contributed by atoms with van der Waals surface area (Å²) < 4.78 is 5.65. The van der Waals surface area contributed by atoms with Crippen LogP contribution < -0.4 is 10.5 Å². The molecule has 0 aliphatic carbocycles. The Morgan fingerprint density at radius 2 is 2.12 bits per heavy atom. The number of hydrogen-bond donors (Lipinski definition) is 1. The lowest BCUT2D eigenvalue weighted by Gasteiger charge is -2.31. The molecule has 1 aliphatic heterocycles. The van der Waals surface area contributed by atoms with E-state index < -0.39 is 11.5 Å². The number of fused-ring (bicyclic) bond motifs is 1. The normalized spacial score (nSPS) is 17.5. The number of carbonyl (C=O) groups is 2. The lowest BCUT2D eigenvalue weighted by molar-refractivity contribution is 0.0620. The number of primary amides is 1. The van der Waals surface area contributed by atoms with E-state index in [0.717, 1.165) is 0 Å². The maximum atomic E-state index is 11.8. The van der Waals surface area contributed by atoms with Crippen LogP contribution in [0.15, 0.2) is 18.2 Å². The quantitative estimate of drug-likeness (QED) is 0.778. The smallest absolute Gasteiger partial charge is 0.248 e. The summed E-state index contributed by atoms with van der Waals surface area (Å²) in [5, 5.41) is 0. The molecule has 0 saturated carbocycles. The van der Waals surface area contributed by atoms with E-state index in [2.05, 4.69) is 0 Å². The van der Waals surface area contributed by atoms with Crippen LogP contribution in [-0.4, -0.2) is 17.3 Å². The van der Waals surface area contributed by atoms with E-state index in [-0.39, 0.29) is 5.78 Å². The van der Waals surface area contributed by atoms with Crippen LogP contribution in [-0.2, 0) is 0 Å². The van der Waals surface area contributed by atoms with Crippen molar-refractivity contribution >= 4 is 11.7 Å². The molecule has 0 bridgehead atoms. The van der Waals surface area contributed by atoms with Crippen LogP contribution in [0.25, 0.3) is 0 Å². The van der Waals surface area contributed by atoms with Gasteiger partial charge >= 0.3 is 0 Å². The first kappa shape index (κ1) is 10.7. The Labute approximate surface area is 93.4 Å². The molecule has 2 N–H and O–H groups in total. The summed E-state index contributed by atoms with van der Waals surface area (Å²) in [6.07, 6.45) is 0.308. The molecule has 0 fully saturated rings. The van der Waals surface area contributed by atoms with Crippen molar-refractivity contribution < 1.29 is 14.3 Å². The highest BCUT2D eigenvalue weighted by Gasteiger charge is 2.32. The summed E-state index contributed by atoms with van der Waals surface area (Å²) in [5.41, 5.74) is 5.44. The summed E-state index contributed by atoms with van der Waals surface area (Å²) in [5.74, 6) is -0.0407. The van der Waals surface area contributed by atoms with Gasteiger partial charge in [0.15, 0.2) is 5.78 Å². The number of benzene rings is 1. The number of ketones is 1. The molecule has 16 heavy (non-hydrogen) atoms. The molecule has 1 amide bonds. The van der Waals surface area contributed by atoms with E-state index in [4.69, 9.17) is 10.5 Å². The number of Topliss-reactive ketones (excluding diaryl/α,β-unsaturated/α-hetero) is 1. The molecule has 0 radical (unpaired) electrons. The maximum absolute atomic E-state index is 11.8. The third kappa shape index (κ3) is 1.78. The predicted octanol–water partition coefficient (Wildman–Crippen LogP) is 1.53. The van der Waals surface area contributed by atoms with Gasteiger partial charge in [-0.2, -0.15) is 0 Å². The van der Waals surface area contributed by atoms with Gasteiger partial charge in [-0.15, -0.1) is 0 Å². The fraction of sp³-hybridized carbons (Fsp3) is 0.333. The molecule has 1 aromatic rings. The summed E-state index contributed by atoms with van der Waals surface area (Å²) in [7, 11) is 0. The van der Waals surface area contributed by atoms with Crippen LogP contribution in [0, 0.1) is 0 Å². The van der Waals surface area contributed by atoms with E-state index >= 15 is 0 Å². The molecule has 2 rings (SSSR count). The van der Waals surface area contributed by atoms with Crippen LogP contribution in [0.4, 0.5) is 0 Å². The first-order valence-electron chi connectivity index (χ1n) is 5.05. The van der Waals surface area contributed by atoms with Crippen LogP contribution in [0.5, 0.6) is 5.75 Å². The minimum Gasteiger partial charge on any atom is -0.487 e. The summed E-state index contributed by atoms with van der Waals surface area (Å²) >= 11 is 0. The Morgan fingerprint density at radius 1 is 1.44 bits per heavy atom. The Morgan fingerprint density at radius 3 is 2.75 bits per heavy atom. The molecule has 0 saturated heterocycles. The number of amides is 1. The van der Waals surface area contributed by atoms with Gasteiger partial charge in [0.2, 0.25) is 5.91 Å². The molecule has 1 aliphatic rings. The molecule has 84 valence electrons. The van der Waals surface area contributed by atoms with Crippen LogP contribution in [0.2, 0.25) is 0 Å². The predicted molar refractivity (Wildman–Crippen MR) is 58.6 cm³/mol. The van der Waals surface area contributed by atoms with E-state index in [1.165, 1.54) is 6.07 Å². The van der Waals surface area contributed by atoms with E-state index in [9.17, 15) is 9.59 Å². The fourth-order valence-corrected chi connectivity index (χ4v) is 1.81. The molecule has 1 aromatic carbocycles. The van der Waals surface area contributed by atoms with E-state index in [1.54, 1.807) is 12.1 Å². The van der Waals surface area contributed by atoms with Crippen molar-refractivity contribution in [3.8, 4) is 5.75 Å². The topological polar surface area (TPSA) is 69.4 Å². The van der Waals surface area contributed by atoms with Gasteiger partial charge in [-0.05, 0) is 32.0 Å². The Hall–Kier alpha value is -1.84. The minimum atomic E-state index is -0.541. The van der Waals surface area contributed by atoms with Crippen molar-refractivity contribution in [2.45, 2.75) is 25.9 Å². The van der Waals surface area contributed by atoms with Crippen LogP contribution >= 0.6 is 0 Å². The van der Waals surface area contributed by atoms with Crippen molar-refractivity contribution in [1.29, 1.82) is 0 Å². The van der Waals surface area contributed by atoms with Crippen molar-refractivity contribution in [1.82, 2.24) is 0 Å². The highest BCUT2D eigenvalue weighted by molar-refractivity contribution is 6.03. The molecule has 4 heteroatoms. The zero-order chi connectivity index (χ0) is 11.9. The summed E-state index contributed by atoms with van der Waals surface area (Å²) in [6.45, 7) is 3.71. The Bertz CT molecular complexity index is 477. The van der Waals surface area contributed by atoms with Gasteiger partial charge in [0.05, 0.1) is 12.0 Å². The molecule has 4 nitrogen and oxygen atoms in total. The average molecular weight is 219 g/mol. The maximum Gasteiger partial charge on any atom is 0.248 e. The number of carbonyl (C=O) groups excluding carboxylic acids is 2.